The Bertz CT molecular complexity index is 145. The Morgan fingerprint density at radius 1 is 1.50 bits per heavy atom. The first kappa shape index (κ1) is 13.1. The van der Waals surface area contributed by atoms with Crippen molar-refractivity contribution >= 4 is 60.8 Å². The van der Waals surface area contributed by atoms with E-state index in [1.165, 1.54) is 0 Å². The van der Waals surface area contributed by atoms with Crippen LogP contribution in [0.15, 0.2) is 0 Å². The Morgan fingerprint density at radius 3 is 2.00 bits per heavy atom. The zero-order valence-electron chi connectivity index (χ0n) is 7.28. The summed E-state index contributed by atoms with van der Waals surface area (Å²) in [7, 11) is 0. The van der Waals surface area contributed by atoms with Gasteiger partial charge in [0.15, 0.2) is 0 Å². The summed E-state index contributed by atoms with van der Waals surface area (Å²) in [5.41, 5.74) is 4.84. The number of hydrogen-bond donors (Lipinski definition) is 3. The maximum Gasteiger partial charge on any atom is 2.00 e. The second-order valence-electron chi connectivity index (χ2n) is 1.54. The van der Waals surface area contributed by atoms with Gasteiger partial charge in [-0.3, -0.25) is 9.59 Å². The third kappa shape index (κ3) is 6.59. The monoisotopic (exact) mass is 273 g/mol. The smallest absolute Gasteiger partial charge is 1.00 e. The summed E-state index contributed by atoms with van der Waals surface area (Å²) in [6.07, 6.45) is -0.532. The molecule has 0 aliphatic rings. The molecule has 0 unspecified atom stereocenters. The standard InChI is InChI=1S/C4H7NO4.Ba.2H/c5-2(4(8)9)1-3(6)7;;;/h2H,1,5H2,(H,6,7)(H,8,9);;;/q;+2;2*-1/t2-;;;/m0.../s1. The number of aliphatic carboxylic acids is 2. The van der Waals surface area contributed by atoms with Crippen LogP contribution in [-0.4, -0.2) is 77.1 Å². The van der Waals surface area contributed by atoms with Crippen LogP contribution in [-0.2, 0) is 9.59 Å². The molecule has 5 nitrogen and oxygen atoms in total. The third-order valence-electron chi connectivity index (χ3n) is 0.712. The fourth-order valence-electron chi connectivity index (χ4n) is 0.275. The van der Waals surface area contributed by atoms with E-state index in [9.17, 15) is 9.59 Å². The first-order chi connectivity index (χ1) is 4.04. The van der Waals surface area contributed by atoms with Crippen LogP contribution < -0.4 is 5.73 Å². The predicted octanol–water partition coefficient (Wildman–Crippen LogP) is -1.28. The third-order valence-corrected chi connectivity index (χ3v) is 0.712. The molecule has 0 radical (unpaired) electrons. The van der Waals surface area contributed by atoms with Gasteiger partial charge in [0.1, 0.15) is 6.04 Å². The summed E-state index contributed by atoms with van der Waals surface area (Å²) in [4.78, 5) is 19.6. The molecule has 0 aliphatic heterocycles. The first-order valence-corrected chi connectivity index (χ1v) is 2.24. The van der Waals surface area contributed by atoms with Gasteiger partial charge >= 0.3 is 60.8 Å². The molecule has 1 atom stereocenters. The molecule has 0 rings (SSSR count). The van der Waals surface area contributed by atoms with Crippen molar-refractivity contribution in [3.8, 4) is 0 Å². The summed E-state index contributed by atoms with van der Waals surface area (Å²) in [6, 6.07) is -1.29. The van der Waals surface area contributed by atoms with Gasteiger partial charge in [-0.2, -0.15) is 0 Å². The number of nitrogens with two attached hydrogens (primary N) is 1. The fourth-order valence-corrected chi connectivity index (χ4v) is 0.275. The minimum absolute atomic E-state index is 0. The van der Waals surface area contributed by atoms with E-state index in [4.69, 9.17) is 15.9 Å². The van der Waals surface area contributed by atoms with Crippen LogP contribution in [0.3, 0.4) is 0 Å². The van der Waals surface area contributed by atoms with Crippen molar-refractivity contribution in [3.63, 3.8) is 0 Å². The molecule has 0 aromatic rings. The molecule has 10 heavy (non-hydrogen) atoms. The zero-order chi connectivity index (χ0) is 7.44. The van der Waals surface area contributed by atoms with Crippen molar-refractivity contribution in [2.24, 2.45) is 5.73 Å². The Hall–Kier alpha value is 0.471. The minimum Gasteiger partial charge on any atom is -1.00 e. The van der Waals surface area contributed by atoms with E-state index in [2.05, 4.69) is 0 Å². The van der Waals surface area contributed by atoms with Crippen LogP contribution in [0, 0.1) is 0 Å². The van der Waals surface area contributed by atoms with E-state index in [1.807, 2.05) is 0 Å². The maximum atomic E-state index is 9.85. The van der Waals surface area contributed by atoms with E-state index < -0.39 is 24.4 Å². The van der Waals surface area contributed by atoms with Crippen LogP contribution in [0.5, 0.6) is 0 Å². The van der Waals surface area contributed by atoms with Crippen molar-refractivity contribution < 1.29 is 22.7 Å². The Balaban J connectivity index is -0.000000107. The van der Waals surface area contributed by atoms with Gasteiger partial charge in [0.25, 0.3) is 0 Å². The van der Waals surface area contributed by atoms with Crippen LogP contribution in [0.2, 0.25) is 0 Å². The molecule has 56 valence electrons. The molecule has 0 fully saturated rings. The largest absolute Gasteiger partial charge is 2.00 e. The minimum atomic E-state index is -1.29. The fraction of sp³-hybridized carbons (Fsp3) is 0.500. The summed E-state index contributed by atoms with van der Waals surface area (Å²) >= 11 is 0. The van der Waals surface area contributed by atoms with Crippen molar-refractivity contribution in [2.45, 2.75) is 12.5 Å². The normalized spacial score (nSPS) is 11.3. The second kappa shape index (κ2) is 6.20. The molecular formula is C4H9BaNO4. The first-order valence-electron chi connectivity index (χ1n) is 2.24. The molecular weight excluding hydrogens is 263 g/mol. The van der Waals surface area contributed by atoms with Gasteiger partial charge in [0.05, 0.1) is 6.42 Å². The quantitative estimate of drug-likeness (QED) is 0.556. The van der Waals surface area contributed by atoms with Gasteiger partial charge < -0.3 is 18.8 Å². The average molecular weight is 272 g/mol. The molecule has 0 amide bonds. The predicted molar refractivity (Wildman–Crippen MR) is 35.8 cm³/mol. The number of rotatable bonds is 3. The Morgan fingerprint density at radius 2 is 1.90 bits per heavy atom. The summed E-state index contributed by atoms with van der Waals surface area (Å²) in [5.74, 6) is -2.50. The molecule has 0 saturated heterocycles. The van der Waals surface area contributed by atoms with Crippen molar-refractivity contribution in [3.05, 3.63) is 0 Å². The van der Waals surface area contributed by atoms with E-state index in [0.29, 0.717) is 0 Å². The summed E-state index contributed by atoms with van der Waals surface area (Å²) < 4.78 is 0. The van der Waals surface area contributed by atoms with Gasteiger partial charge in [-0.15, -0.1) is 0 Å². The molecule has 4 N–H and O–H groups in total. The topological polar surface area (TPSA) is 101 Å². The number of carboxylic acid groups (broad SMARTS) is 2. The molecule has 0 bridgehead atoms. The van der Waals surface area contributed by atoms with Crippen LogP contribution >= 0.6 is 0 Å². The van der Waals surface area contributed by atoms with Gasteiger partial charge in [0.2, 0.25) is 0 Å². The number of carbonyl (C=O) groups is 2. The van der Waals surface area contributed by atoms with Crippen LogP contribution in [0.25, 0.3) is 0 Å². The van der Waals surface area contributed by atoms with Crippen LogP contribution in [0.4, 0.5) is 0 Å². The maximum absolute atomic E-state index is 9.85. The Kier molecular flexibility index (Phi) is 8.11. The van der Waals surface area contributed by atoms with E-state index >= 15 is 0 Å². The number of hydrogen-bond acceptors (Lipinski definition) is 3. The van der Waals surface area contributed by atoms with Gasteiger partial charge in [-0.1, -0.05) is 0 Å². The van der Waals surface area contributed by atoms with Crippen molar-refractivity contribution in [1.82, 2.24) is 0 Å². The zero-order valence-corrected chi connectivity index (χ0v) is 9.72. The van der Waals surface area contributed by atoms with Gasteiger partial charge in [-0.25, -0.2) is 0 Å². The SMILES string of the molecule is N[C@@H](CC(=O)O)C(=O)O.[Ba+2].[H-].[H-]. The number of carboxylic acids is 2. The molecule has 0 aromatic carbocycles. The molecule has 0 aromatic heterocycles. The van der Waals surface area contributed by atoms with Gasteiger partial charge in [-0.05, 0) is 0 Å². The average Bonchev–Trinajstić information content (AvgIpc) is 1.63. The van der Waals surface area contributed by atoms with E-state index in [-0.39, 0.29) is 51.7 Å². The van der Waals surface area contributed by atoms with Crippen molar-refractivity contribution in [1.29, 1.82) is 0 Å². The molecule has 6 heteroatoms. The molecule has 0 saturated carbocycles. The van der Waals surface area contributed by atoms with Gasteiger partial charge in [0, 0.05) is 0 Å². The molecule has 0 aliphatic carbocycles. The van der Waals surface area contributed by atoms with Crippen LogP contribution in [0.1, 0.15) is 9.27 Å². The molecule has 0 heterocycles. The summed E-state index contributed by atoms with van der Waals surface area (Å²) in [5, 5.41) is 16.0. The van der Waals surface area contributed by atoms with Crippen molar-refractivity contribution in [2.75, 3.05) is 0 Å². The molecule has 0 spiro atoms. The Labute approximate surface area is 101 Å². The summed E-state index contributed by atoms with van der Waals surface area (Å²) in [6.45, 7) is 0. The van der Waals surface area contributed by atoms with E-state index in [1.54, 1.807) is 0 Å². The second-order valence-corrected chi connectivity index (χ2v) is 1.54. The van der Waals surface area contributed by atoms with E-state index in [0.717, 1.165) is 0 Å².